The highest BCUT2D eigenvalue weighted by molar-refractivity contribution is 7.92. The highest BCUT2D eigenvalue weighted by Gasteiger charge is 2.20. The van der Waals surface area contributed by atoms with Gasteiger partial charge in [-0.15, -0.1) is 0 Å². The minimum atomic E-state index is -3.65. The van der Waals surface area contributed by atoms with Gasteiger partial charge in [0, 0.05) is 5.02 Å². The average Bonchev–Trinajstić information content (AvgIpc) is 2.83. The summed E-state index contributed by atoms with van der Waals surface area (Å²) >= 11 is 5.92. The van der Waals surface area contributed by atoms with Gasteiger partial charge in [-0.05, 0) is 60.5 Å². The first-order valence-corrected chi connectivity index (χ1v) is 13.0. The van der Waals surface area contributed by atoms with Crippen LogP contribution < -0.4 is 19.2 Å². The number of nitrogens with one attached hydrogen (secondary N) is 1. The fraction of sp³-hybridized carbons (Fsp3) is 0.200. The first-order chi connectivity index (χ1) is 16.8. The number of halogens is 1. The first kappa shape index (κ1) is 26.1. The fourth-order valence-corrected chi connectivity index (χ4v) is 4.06. The van der Waals surface area contributed by atoms with Gasteiger partial charge in [-0.1, -0.05) is 41.9 Å². The van der Waals surface area contributed by atoms with Crippen LogP contribution in [-0.4, -0.2) is 39.9 Å². The van der Waals surface area contributed by atoms with Crippen LogP contribution in [0, 0.1) is 0 Å². The lowest BCUT2D eigenvalue weighted by molar-refractivity contribution is -0.119. The summed E-state index contributed by atoms with van der Waals surface area (Å²) in [5.74, 6) is 0.516. The van der Waals surface area contributed by atoms with E-state index in [0.717, 1.165) is 16.1 Å². The molecule has 0 aromatic heterocycles. The molecule has 8 nitrogen and oxygen atoms in total. The van der Waals surface area contributed by atoms with Gasteiger partial charge in [0.05, 0.1) is 24.8 Å². The average molecular weight is 516 g/mol. The Morgan fingerprint density at radius 2 is 1.74 bits per heavy atom. The number of sulfonamides is 1. The smallest absolute Gasteiger partial charge is 0.260 e. The maximum Gasteiger partial charge on any atom is 0.260 e. The van der Waals surface area contributed by atoms with Crippen molar-refractivity contribution in [2.24, 2.45) is 5.10 Å². The number of hydrogen-bond donors (Lipinski definition) is 1. The van der Waals surface area contributed by atoms with Crippen LogP contribution in [-0.2, 0) is 21.4 Å². The van der Waals surface area contributed by atoms with Gasteiger partial charge in [0.2, 0.25) is 10.0 Å². The third-order valence-corrected chi connectivity index (χ3v) is 6.10. The van der Waals surface area contributed by atoms with Gasteiger partial charge in [-0.25, -0.2) is 13.8 Å². The van der Waals surface area contributed by atoms with Gasteiger partial charge in [0.25, 0.3) is 5.91 Å². The highest BCUT2D eigenvalue weighted by atomic mass is 35.5. The Hall–Kier alpha value is -3.56. The quantitative estimate of drug-likeness (QED) is 0.304. The van der Waals surface area contributed by atoms with Gasteiger partial charge >= 0.3 is 0 Å². The summed E-state index contributed by atoms with van der Waals surface area (Å²) in [6.07, 6.45) is 2.49. The number of rotatable bonds is 11. The van der Waals surface area contributed by atoms with Gasteiger partial charge in [0.15, 0.2) is 11.5 Å². The van der Waals surface area contributed by atoms with E-state index in [0.29, 0.717) is 41.0 Å². The lowest BCUT2D eigenvalue weighted by Gasteiger charge is -2.21. The van der Waals surface area contributed by atoms with Crippen molar-refractivity contribution in [1.29, 1.82) is 0 Å². The number of ether oxygens (including phenoxy) is 2. The molecule has 10 heteroatoms. The van der Waals surface area contributed by atoms with Crippen molar-refractivity contribution >= 4 is 39.4 Å². The van der Waals surface area contributed by atoms with Crippen LogP contribution in [0.4, 0.5) is 5.69 Å². The SMILES string of the molecule is CCOc1cc(/C=N\NC(=O)CN(c2ccccc2)S(C)(=O)=O)ccc1OCc1ccc(Cl)cc1. The third-order valence-electron chi connectivity index (χ3n) is 4.71. The molecular weight excluding hydrogens is 490 g/mol. The second-order valence-corrected chi connectivity index (χ2v) is 9.80. The number of benzene rings is 3. The summed E-state index contributed by atoms with van der Waals surface area (Å²) in [5.41, 5.74) is 4.38. The molecule has 0 aliphatic heterocycles. The van der Waals surface area contributed by atoms with Crippen molar-refractivity contribution in [3.05, 3.63) is 88.9 Å². The van der Waals surface area contributed by atoms with Gasteiger partial charge in [-0.2, -0.15) is 5.10 Å². The van der Waals surface area contributed by atoms with Crippen LogP contribution in [0.3, 0.4) is 0 Å². The van der Waals surface area contributed by atoms with Crippen LogP contribution >= 0.6 is 11.6 Å². The number of para-hydroxylation sites is 1. The molecule has 0 saturated carbocycles. The monoisotopic (exact) mass is 515 g/mol. The van der Waals surface area contributed by atoms with Crippen molar-refractivity contribution in [2.45, 2.75) is 13.5 Å². The van der Waals surface area contributed by atoms with E-state index in [1.807, 2.05) is 19.1 Å². The predicted molar refractivity (Wildman–Crippen MR) is 138 cm³/mol. The molecule has 35 heavy (non-hydrogen) atoms. The predicted octanol–water partition coefficient (Wildman–Crippen LogP) is 4.23. The first-order valence-electron chi connectivity index (χ1n) is 10.7. The maximum atomic E-state index is 12.3. The molecule has 0 radical (unpaired) electrons. The zero-order chi connectivity index (χ0) is 25.3. The summed E-state index contributed by atoms with van der Waals surface area (Å²) in [7, 11) is -3.65. The number of nitrogens with zero attached hydrogens (tertiary/aromatic N) is 2. The van der Waals surface area contributed by atoms with Crippen LogP contribution in [0.5, 0.6) is 11.5 Å². The minimum absolute atomic E-state index is 0.346. The molecule has 1 N–H and O–H groups in total. The summed E-state index contributed by atoms with van der Waals surface area (Å²) in [6.45, 7) is 2.25. The molecular formula is C25H26ClN3O5S. The maximum absolute atomic E-state index is 12.3. The standard InChI is InChI=1S/C25H26ClN3O5S/c1-3-33-24-15-20(11-14-23(24)34-18-19-9-12-21(26)13-10-19)16-27-28-25(30)17-29(35(2,31)32)22-7-5-4-6-8-22/h4-16H,3,17-18H2,1-2H3,(H,28,30)/b27-16-. The van der Waals surface area contributed by atoms with E-state index >= 15 is 0 Å². The van der Waals surface area contributed by atoms with Gasteiger partial charge in [-0.3, -0.25) is 9.10 Å². The molecule has 0 bridgehead atoms. The molecule has 0 saturated heterocycles. The molecule has 0 spiro atoms. The van der Waals surface area contributed by atoms with Crippen molar-refractivity contribution in [3.63, 3.8) is 0 Å². The zero-order valence-corrected chi connectivity index (χ0v) is 20.9. The molecule has 0 unspecified atom stereocenters. The van der Waals surface area contributed by atoms with E-state index in [-0.39, 0.29) is 0 Å². The summed E-state index contributed by atoms with van der Waals surface area (Å²) in [4.78, 5) is 12.3. The lowest BCUT2D eigenvalue weighted by atomic mass is 10.2. The largest absolute Gasteiger partial charge is 0.490 e. The Morgan fingerprint density at radius 1 is 1.03 bits per heavy atom. The van der Waals surface area contributed by atoms with Crippen LogP contribution in [0.25, 0.3) is 0 Å². The Bertz CT molecular complexity index is 1270. The zero-order valence-electron chi connectivity index (χ0n) is 19.3. The lowest BCUT2D eigenvalue weighted by Crippen LogP contribution is -2.38. The van der Waals surface area contributed by atoms with E-state index in [4.69, 9.17) is 21.1 Å². The number of carbonyl (C=O) groups is 1. The number of anilines is 1. The van der Waals surface area contributed by atoms with Crippen LogP contribution in [0.15, 0.2) is 77.9 Å². The molecule has 3 rings (SSSR count). The van der Waals surface area contributed by atoms with Crippen molar-refractivity contribution < 1.29 is 22.7 Å². The minimum Gasteiger partial charge on any atom is -0.490 e. The number of amides is 1. The Kier molecular flexibility index (Phi) is 9.11. The van der Waals surface area contributed by atoms with E-state index in [1.54, 1.807) is 60.7 Å². The fourth-order valence-electron chi connectivity index (χ4n) is 3.07. The molecule has 0 heterocycles. The highest BCUT2D eigenvalue weighted by Crippen LogP contribution is 2.29. The number of hydrogen-bond acceptors (Lipinski definition) is 6. The normalized spacial score (nSPS) is 11.3. The number of hydrazone groups is 1. The van der Waals surface area contributed by atoms with Gasteiger partial charge in [0.1, 0.15) is 13.2 Å². The van der Waals surface area contributed by atoms with Crippen molar-refractivity contribution in [1.82, 2.24) is 5.43 Å². The second-order valence-electron chi connectivity index (χ2n) is 7.45. The number of carbonyl (C=O) groups excluding carboxylic acids is 1. The topological polar surface area (TPSA) is 97.3 Å². The summed E-state index contributed by atoms with van der Waals surface area (Å²) in [5, 5.41) is 4.60. The molecule has 0 fully saturated rings. The van der Waals surface area contributed by atoms with Crippen molar-refractivity contribution in [3.8, 4) is 11.5 Å². The Balaban J connectivity index is 1.63. The van der Waals surface area contributed by atoms with E-state index < -0.39 is 22.5 Å². The molecule has 1 amide bonds. The van der Waals surface area contributed by atoms with E-state index in [9.17, 15) is 13.2 Å². The van der Waals surface area contributed by atoms with E-state index in [1.165, 1.54) is 6.21 Å². The third kappa shape index (κ3) is 8.01. The summed E-state index contributed by atoms with van der Waals surface area (Å²) < 4.78 is 36.8. The van der Waals surface area contributed by atoms with Crippen LogP contribution in [0.2, 0.25) is 5.02 Å². The van der Waals surface area contributed by atoms with Crippen molar-refractivity contribution in [2.75, 3.05) is 23.7 Å². The second kappa shape index (κ2) is 12.2. The molecule has 0 aliphatic carbocycles. The van der Waals surface area contributed by atoms with Gasteiger partial charge < -0.3 is 9.47 Å². The molecule has 3 aromatic carbocycles. The Morgan fingerprint density at radius 3 is 2.40 bits per heavy atom. The molecule has 0 atom stereocenters. The summed E-state index contributed by atoms with van der Waals surface area (Å²) in [6, 6.07) is 21.0. The van der Waals surface area contributed by atoms with Crippen LogP contribution in [0.1, 0.15) is 18.1 Å². The van der Waals surface area contributed by atoms with E-state index in [2.05, 4.69) is 10.5 Å². The molecule has 0 aliphatic rings. The molecule has 3 aromatic rings. The Labute approximate surface area is 210 Å². The molecule has 184 valence electrons.